The molecule has 0 radical (unpaired) electrons. The number of aromatic nitrogens is 1. The van der Waals surface area contributed by atoms with Gasteiger partial charge in [-0.15, -0.1) is 12.4 Å². The highest BCUT2D eigenvalue weighted by atomic mass is 35.5. The SMILES string of the molecule is CN(C(=O)c1ccc([N+](=O)[O-])[nH]1)C1CCCNCC1.Cl. The number of aromatic amines is 1. The molecule has 0 spiro atoms. The zero-order valence-corrected chi connectivity index (χ0v) is 12.1. The molecule has 0 aliphatic carbocycles. The van der Waals surface area contributed by atoms with Gasteiger partial charge in [0.15, 0.2) is 5.69 Å². The second-order valence-corrected chi connectivity index (χ2v) is 4.77. The number of carbonyl (C=O) groups excluding carboxylic acids is 1. The van der Waals surface area contributed by atoms with Crippen LogP contribution in [0, 0.1) is 10.1 Å². The van der Waals surface area contributed by atoms with E-state index in [1.807, 2.05) is 0 Å². The van der Waals surface area contributed by atoms with Gasteiger partial charge < -0.3 is 20.3 Å². The Labute approximate surface area is 123 Å². The second-order valence-electron chi connectivity index (χ2n) is 4.77. The van der Waals surface area contributed by atoms with Crippen LogP contribution < -0.4 is 5.32 Å². The maximum Gasteiger partial charge on any atom is 0.321 e. The molecule has 1 aliphatic heterocycles. The summed E-state index contributed by atoms with van der Waals surface area (Å²) in [6, 6.07) is 2.96. The molecular weight excluding hydrogens is 284 g/mol. The Balaban J connectivity index is 0.00000200. The zero-order valence-electron chi connectivity index (χ0n) is 11.3. The summed E-state index contributed by atoms with van der Waals surface area (Å²) < 4.78 is 0. The quantitative estimate of drug-likeness (QED) is 0.655. The lowest BCUT2D eigenvalue weighted by Crippen LogP contribution is -2.37. The maximum atomic E-state index is 12.2. The number of rotatable bonds is 3. The van der Waals surface area contributed by atoms with E-state index in [9.17, 15) is 14.9 Å². The summed E-state index contributed by atoms with van der Waals surface area (Å²) in [5.41, 5.74) is 0.270. The highest BCUT2D eigenvalue weighted by Crippen LogP contribution is 2.16. The van der Waals surface area contributed by atoms with Crippen molar-refractivity contribution in [1.29, 1.82) is 0 Å². The monoisotopic (exact) mass is 302 g/mol. The van der Waals surface area contributed by atoms with Crippen LogP contribution in [0.2, 0.25) is 0 Å². The molecule has 1 aromatic rings. The van der Waals surface area contributed by atoms with Crippen molar-refractivity contribution in [2.45, 2.75) is 25.3 Å². The molecule has 1 saturated heterocycles. The lowest BCUT2D eigenvalue weighted by Gasteiger charge is -2.25. The molecule has 1 atom stereocenters. The molecule has 1 fully saturated rings. The molecule has 0 aromatic carbocycles. The van der Waals surface area contributed by atoms with Crippen LogP contribution in [0.5, 0.6) is 0 Å². The van der Waals surface area contributed by atoms with Crippen LogP contribution in [0.25, 0.3) is 0 Å². The van der Waals surface area contributed by atoms with Crippen LogP contribution in [-0.4, -0.2) is 46.9 Å². The Hall–Kier alpha value is -1.60. The number of halogens is 1. The molecule has 2 rings (SSSR count). The highest BCUT2D eigenvalue weighted by Gasteiger charge is 2.25. The topological polar surface area (TPSA) is 91.3 Å². The van der Waals surface area contributed by atoms with E-state index in [1.54, 1.807) is 11.9 Å². The Morgan fingerprint density at radius 3 is 2.80 bits per heavy atom. The average Bonchev–Trinajstić information content (AvgIpc) is 2.73. The summed E-state index contributed by atoms with van der Waals surface area (Å²) in [5, 5.41) is 13.9. The third kappa shape index (κ3) is 3.71. The molecule has 112 valence electrons. The Bertz CT molecular complexity index is 469. The summed E-state index contributed by atoms with van der Waals surface area (Å²) in [4.78, 5) is 26.5. The Morgan fingerprint density at radius 1 is 1.40 bits per heavy atom. The van der Waals surface area contributed by atoms with Gasteiger partial charge in [-0.1, -0.05) is 0 Å². The number of carbonyl (C=O) groups is 1. The van der Waals surface area contributed by atoms with E-state index in [4.69, 9.17) is 0 Å². The molecule has 1 unspecified atom stereocenters. The predicted octanol–water partition coefficient (Wildman–Crippen LogP) is 1.56. The molecule has 1 aliphatic rings. The third-order valence-corrected chi connectivity index (χ3v) is 3.51. The molecule has 1 amide bonds. The summed E-state index contributed by atoms with van der Waals surface area (Å²) in [7, 11) is 1.75. The molecule has 2 heterocycles. The number of nitrogens with one attached hydrogen (secondary N) is 2. The fourth-order valence-electron chi connectivity index (χ4n) is 2.36. The van der Waals surface area contributed by atoms with E-state index in [1.165, 1.54) is 12.1 Å². The molecule has 0 saturated carbocycles. The maximum absolute atomic E-state index is 12.2. The third-order valence-electron chi connectivity index (χ3n) is 3.51. The summed E-state index contributed by atoms with van der Waals surface area (Å²) in [6.45, 7) is 1.87. The normalized spacial score (nSPS) is 18.8. The van der Waals surface area contributed by atoms with Crippen LogP contribution >= 0.6 is 12.4 Å². The van der Waals surface area contributed by atoms with Gasteiger partial charge >= 0.3 is 5.82 Å². The van der Waals surface area contributed by atoms with E-state index in [-0.39, 0.29) is 35.9 Å². The van der Waals surface area contributed by atoms with Gasteiger partial charge in [0.2, 0.25) is 0 Å². The second kappa shape index (κ2) is 7.25. The van der Waals surface area contributed by atoms with Gasteiger partial charge in [0.25, 0.3) is 5.91 Å². The molecule has 1 aromatic heterocycles. The number of nitrogens with zero attached hydrogens (tertiary/aromatic N) is 2. The fourth-order valence-corrected chi connectivity index (χ4v) is 2.36. The van der Waals surface area contributed by atoms with Gasteiger partial charge in [-0.25, -0.2) is 4.98 Å². The van der Waals surface area contributed by atoms with Crippen LogP contribution in [-0.2, 0) is 0 Å². The van der Waals surface area contributed by atoms with Crippen LogP contribution in [0.3, 0.4) is 0 Å². The molecule has 0 bridgehead atoms. The first-order valence-corrected chi connectivity index (χ1v) is 6.41. The van der Waals surface area contributed by atoms with Gasteiger partial charge in [-0.05, 0) is 43.3 Å². The van der Waals surface area contributed by atoms with Crippen molar-refractivity contribution in [2.75, 3.05) is 20.1 Å². The minimum absolute atomic E-state index is 0. The van der Waals surface area contributed by atoms with Crippen LogP contribution in [0.1, 0.15) is 29.8 Å². The van der Waals surface area contributed by atoms with Gasteiger partial charge in [0.05, 0.1) is 0 Å². The lowest BCUT2D eigenvalue weighted by molar-refractivity contribution is -0.389. The zero-order chi connectivity index (χ0) is 13.8. The van der Waals surface area contributed by atoms with Crippen molar-refractivity contribution in [3.05, 3.63) is 27.9 Å². The minimum Gasteiger partial charge on any atom is -0.358 e. The van der Waals surface area contributed by atoms with Crippen LogP contribution in [0.4, 0.5) is 5.82 Å². The predicted molar refractivity (Wildman–Crippen MR) is 77.3 cm³/mol. The largest absolute Gasteiger partial charge is 0.358 e. The smallest absolute Gasteiger partial charge is 0.321 e. The van der Waals surface area contributed by atoms with E-state index in [2.05, 4.69) is 10.3 Å². The Morgan fingerprint density at radius 2 is 2.15 bits per heavy atom. The van der Waals surface area contributed by atoms with Crippen molar-refractivity contribution in [2.24, 2.45) is 0 Å². The standard InChI is InChI=1S/C12H18N4O3.ClH/c1-15(9-3-2-7-13-8-6-9)12(17)10-4-5-11(14-10)16(18)19;/h4-5,9,13-14H,2-3,6-8H2,1H3;1H. The molecule has 20 heavy (non-hydrogen) atoms. The molecule has 2 N–H and O–H groups in total. The van der Waals surface area contributed by atoms with Crippen molar-refractivity contribution in [3.8, 4) is 0 Å². The van der Waals surface area contributed by atoms with E-state index < -0.39 is 4.92 Å². The number of amides is 1. The van der Waals surface area contributed by atoms with Crippen molar-refractivity contribution in [1.82, 2.24) is 15.2 Å². The number of hydrogen-bond donors (Lipinski definition) is 2. The Kier molecular flexibility index (Phi) is 5.97. The van der Waals surface area contributed by atoms with Crippen molar-refractivity contribution >= 4 is 24.1 Å². The molecule has 7 nitrogen and oxygen atoms in total. The number of hydrogen-bond acceptors (Lipinski definition) is 4. The van der Waals surface area contributed by atoms with E-state index in [0.29, 0.717) is 0 Å². The first-order chi connectivity index (χ1) is 9.09. The lowest BCUT2D eigenvalue weighted by atomic mass is 10.1. The van der Waals surface area contributed by atoms with Gasteiger partial charge in [-0.2, -0.15) is 0 Å². The van der Waals surface area contributed by atoms with Gasteiger partial charge in [0.1, 0.15) is 0 Å². The first-order valence-electron chi connectivity index (χ1n) is 6.41. The summed E-state index contributed by atoms with van der Waals surface area (Å²) in [6.07, 6.45) is 2.90. The number of nitro groups is 1. The first kappa shape index (κ1) is 16.5. The molecular formula is C12H19ClN4O3. The van der Waals surface area contributed by atoms with E-state index >= 15 is 0 Å². The van der Waals surface area contributed by atoms with Gasteiger partial charge in [0, 0.05) is 19.2 Å². The van der Waals surface area contributed by atoms with Crippen molar-refractivity contribution < 1.29 is 9.72 Å². The number of H-pyrrole nitrogens is 1. The summed E-state index contributed by atoms with van der Waals surface area (Å²) in [5.74, 6) is -0.348. The minimum atomic E-state index is -0.535. The van der Waals surface area contributed by atoms with Gasteiger partial charge in [-0.3, -0.25) is 4.79 Å². The molecule has 8 heteroatoms. The van der Waals surface area contributed by atoms with Crippen molar-refractivity contribution in [3.63, 3.8) is 0 Å². The summed E-state index contributed by atoms with van der Waals surface area (Å²) >= 11 is 0. The highest BCUT2D eigenvalue weighted by molar-refractivity contribution is 5.92. The fraction of sp³-hybridized carbons (Fsp3) is 0.583. The average molecular weight is 303 g/mol. The van der Waals surface area contributed by atoms with Crippen LogP contribution in [0.15, 0.2) is 12.1 Å². The van der Waals surface area contributed by atoms with E-state index in [0.717, 1.165) is 32.4 Å².